The lowest BCUT2D eigenvalue weighted by atomic mass is 10.1. The van der Waals surface area contributed by atoms with Crippen molar-refractivity contribution in [1.29, 1.82) is 0 Å². The third-order valence-corrected chi connectivity index (χ3v) is 5.49. The monoisotopic (exact) mass is 329 g/mol. The normalized spacial score (nSPS) is 16.1. The highest BCUT2D eigenvalue weighted by molar-refractivity contribution is 7.89. The van der Waals surface area contributed by atoms with Gasteiger partial charge in [-0.25, -0.2) is 8.42 Å². The smallest absolute Gasteiger partial charge is 0.265 e. The van der Waals surface area contributed by atoms with Gasteiger partial charge in [-0.3, -0.25) is 9.10 Å². The molecule has 1 N–H and O–H groups in total. The first-order chi connectivity index (χ1) is 10.9. The minimum atomic E-state index is -3.91. The summed E-state index contributed by atoms with van der Waals surface area (Å²) >= 11 is 0. The first kappa shape index (κ1) is 15.3. The standard InChI is InChI=1S/C17H15NO4S/c1-12(19)16-17(20)14-9-5-6-10-15(14)23(21,22)18(16)11-13-7-3-2-4-8-13/h2-10,20H,11H2,1H3. The predicted octanol–water partition coefficient (Wildman–Crippen LogP) is 2.71. The van der Waals surface area contributed by atoms with Crippen molar-refractivity contribution in [2.45, 2.75) is 18.4 Å². The molecule has 0 saturated heterocycles. The van der Waals surface area contributed by atoms with Crippen LogP contribution in [0.5, 0.6) is 0 Å². The van der Waals surface area contributed by atoms with Crippen molar-refractivity contribution in [1.82, 2.24) is 4.31 Å². The van der Waals surface area contributed by atoms with Crippen molar-refractivity contribution in [3.05, 3.63) is 71.4 Å². The molecule has 6 heteroatoms. The lowest BCUT2D eigenvalue weighted by molar-refractivity contribution is -0.114. The maximum absolute atomic E-state index is 12.9. The molecule has 0 spiro atoms. The number of carbonyl (C=O) groups excluding carboxylic acids is 1. The second kappa shape index (κ2) is 5.55. The van der Waals surface area contributed by atoms with E-state index < -0.39 is 15.8 Å². The largest absolute Gasteiger partial charge is 0.505 e. The van der Waals surface area contributed by atoms with E-state index in [2.05, 4.69) is 0 Å². The van der Waals surface area contributed by atoms with Gasteiger partial charge in [-0.2, -0.15) is 0 Å². The van der Waals surface area contributed by atoms with Crippen LogP contribution in [0.25, 0.3) is 5.76 Å². The van der Waals surface area contributed by atoms with Gasteiger partial charge >= 0.3 is 0 Å². The van der Waals surface area contributed by atoms with E-state index in [1.807, 2.05) is 6.07 Å². The van der Waals surface area contributed by atoms with Crippen LogP contribution in [0.15, 0.2) is 65.2 Å². The molecule has 2 aromatic carbocycles. The summed E-state index contributed by atoms with van der Waals surface area (Å²) in [5.74, 6) is -0.810. The van der Waals surface area contributed by atoms with E-state index in [4.69, 9.17) is 0 Å². The molecule has 0 fully saturated rings. The fourth-order valence-electron chi connectivity index (χ4n) is 2.63. The molecular weight excluding hydrogens is 314 g/mol. The molecule has 0 aliphatic carbocycles. The number of fused-ring (bicyclic) bond motifs is 1. The number of hydrogen-bond donors (Lipinski definition) is 1. The minimum Gasteiger partial charge on any atom is -0.505 e. The summed E-state index contributed by atoms with van der Waals surface area (Å²) in [6.07, 6.45) is 0. The van der Waals surface area contributed by atoms with Gasteiger partial charge in [0, 0.05) is 12.5 Å². The third kappa shape index (κ3) is 2.51. The lowest BCUT2D eigenvalue weighted by Gasteiger charge is -2.31. The first-order valence-electron chi connectivity index (χ1n) is 7.03. The van der Waals surface area contributed by atoms with Gasteiger partial charge in [-0.05, 0) is 17.7 Å². The molecule has 118 valence electrons. The van der Waals surface area contributed by atoms with E-state index >= 15 is 0 Å². The maximum Gasteiger partial charge on any atom is 0.265 e. The second-order valence-corrected chi connectivity index (χ2v) is 7.08. The van der Waals surface area contributed by atoms with E-state index in [0.29, 0.717) is 0 Å². The second-order valence-electron chi connectivity index (χ2n) is 5.25. The summed E-state index contributed by atoms with van der Waals surface area (Å²) in [7, 11) is -3.91. The molecule has 23 heavy (non-hydrogen) atoms. The number of sulfonamides is 1. The Hall–Kier alpha value is -2.60. The summed E-state index contributed by atoms with van der Waals surface area (Å²) in [4.78, 5) is 12.0. The first-order valence-corrected chi connectivity index (χ1v) is 8.47. The Morgan fingerprint density at radius 3 is 2.30 bits per heavy atom. The quantitative estimate of drug-likeness (QED) is 0.939. The van der Waals surface area contributed by atoms with Gasteiger partial charge in [0.1, 0.15) is 5.70 Å². The number of benzene rings is 2. The molecule has 3 rings (SSSR count). The van der Waals surface area contributed by atoms with Gasteiger partial charge in [0.2, 0.25) is 0 Å². The van der Waals surface area contributed by atoms with Gasteiger partial charge < -0.3 is 5.11 Å². The average Bonchev–Trinajstić information content (AvgIpc) is 2.53. The molecule has 1 heterocycles. The Balaban J connectivity index is 2.22. The van der Waals surface area contributed by atoms with Crippen LogP contribution in [0, 0.1) is 0 Å². The summed E-state index contributed by atoms with van der Waals surface area (Å²) < 4.78 is 26.8. The molecule has 0 aromatic heterocycles. The molecule has 0 bridgehead atoms. The van der Waals surface area contributed by atoms with Crippen LogP contribution in [0.1, 0.15) is 18.1 Å². The molecule has 0 unspecified atom stereocenters. The highest BCUT2D eigenvalue weighted by atomic mass is 32.2. The number of hydrogen-bond acceptors (Lipinski definition) is 4. The molecule has 1 aliphatic rings. The molecule has 1 aliphatic heterocycles. The fraction of sp³-hybridized carbons (Fsp3) is 0.118. The summed E-state index contributed by atoms with van der Waals surface area (Å²) in [6, 6.07) is 15.1. The van der Waals surface area contributed by atoms with Crippen molar-refractivity contribution in [3.63, 3.8) is 0 Å². The van der Waals surface area contributed by atoms with Crippen molar-refractivity contribution < 1.29 is 18.3 Å². The van der Waals surface area contributed by atoms with Crippen molar-refractivity contribution in [2.75, 3.05) is 0 Å². The average molecular weight is 329 g/mol. The number of carbonyl (C=O) groups is 1. The molecule has 0 saturated carbocycles. The van der Waals surface area contributed by atoms with Gasteiger partial charge in [0.25, 0.3) is 10.0 Å². The Labute approximate surface area is 134 Å². The third-order valence-electron chi connectivity index (χ3n) is 3.69. The van der Waals surface area contributed by atoms with Crippen LogP contribution < -0.4 is 0 Å². The van der Waals surface area contributed by atoms with Gasteiger partial charge in [0.05, 0.1) is 11.4 Å². The molecule has 0 amide bonds. The molecular formula is C17H15NO4S. The van der Waals surface area contributed by atoms with Gasteiger partial charge in [-0.1, -0.05) is 42.5 Å². The van der Waals surface area contributed by atoms with Crippen LogP contribution >= 0.6 is 0 Å². The van der Waals surface area contributed by atoms with Gasteiger partial charge in [-0.15, -0.1) is 0 Å². The number of nitrogens with zero attached hydrogens (tertiary/aromatic N) is 1. The van der Waals surface area contributed by atoms with Crippen LogP contribution in [0.3, 0.4) is 0 Å². The fourth-order valence-corrected chi connectivity index (χ4v) is 4.33. The van der Waals surface area contributed by atoms with E-state index in [0.717, 1.165) is 9.87 Å². The van der Waals surface area contributed by atoms with E-state index in [1.165, 1.54) is 19.1 Å². The summed E-state index contributed by atoms with van der Waals surface area (Å²) in [6.45, 7) is 1.23. The summed E-state index contributed by atoms with van der Waals surface area (Å²) in [5.41, 5.74) is 0.677. The zero-order valence-corrected chi connectivity index (χ0v) is 13.2. The Bertz CT molecular complexity index is 901. The number of Topliss-reactive ketones (excluding diaryl/α,β-unsaturated/α-hetero) is 1. The zero-order chi connectivity index (χ0) is 16.6. The molecule has 2 aromatic rings. The van der Waals surface area contributed by atoms with Crippen molar-refractivity contribution >= 4 is 21.6 Å². The van der Waals surface area contributed by atoms with Crippen LogP contribution in [-0.2, 0) is 21.4 Å². The number of allylic oxidation sites excluding steroid dienone is 1. The SMILES string of the molecule is CC(=O)C1=C(O)c2ccccc2S(=O)(=O)N1Cc1ccccc1. The van der Waals surface area contributed by atoms with E-state index in [1.54, 1.807) is 36.4 Å². The maximum atomic E-state index is 12.9. The topological polar surface area (TPSA) is 74.7 Å². The van der Waals surface area contributed by atoms with E-state index in [9.17, 15) is 18.3 Å². The highest BCUT2D eigenvalue weighted by Gasteiger charge is 2.38. The highest BCUT2D eigenvalue weighted by Crippen LogP contribution is 2.36. The zero-order valence-electron chi connectivity index (χ0n) is 12.4. The van der Waals surface area contributed by atoms with Crippen molar-refractivity contribution in [3.8, 4) is 0 Å². The predicted molar refractivity (Wildman–Crippen MR) is 85.8 cm³/mol. The van der Waals surface area contributed by atoms with Crippen LogP contribution in [-0.4, -0.2) is 23.6 Å². The summed E-state index contributed by atoms with van der Waals surface area (Å²) in [5, 5.41) is 10.4. The van der Waals surface area contributed by atoms with Crippen LogP contribution in [0.4, 0.5) is 0 Å². The Morgan fingerprint density at radius 2 is 1.65 bits per heavy atom. The van der Waals surface area contributed by atoms with Crippen LogP contribution in [0.2, 0.25) is 0 Å². The molecule has 5 nitrogen and oxygen atoms in total. The number of rotatable bonds is 3. The molecule has 0 radical (unpaired) electrons. The number of aliphatic hydroxyl groups is 1. The Kier molecular flexibility index (Phi) is 3.69. The minimum absolute atomic E-state index is 0.00145. The molecule has 0 atom stereocenters. The Morgan fingerprint density at radius 1 is 1.04 bits per heavy atom. The lowest BCUT2D eigenvalue weighted by Crippen LogP contribution is -2.37. The van der Waals surface area contributed by atoms with E-state index in [-0.39, 0.29) is 28.5 Å². The van der Waals surface area contributed by atoms with Gasteiger partial charge in [0.15, 0.2) is 11.5 Å². The van der Waals surface area contributed by atoms with Crippen molar-refractivity contribution in [2.24, 2.45) is 0 Å². The number of aliphatic hydroxyl groups excluding tert-OH is 1. The number of ketones is 1.